The van der Waals surface area contributed by atoms with E-state index in [2.05, 4.69) is 24.0 Å². The predicted molar refractivity (Wildman–Crippen MR) is 60.8 cm³/mol. The van der Waals surface area contributed by atoms with Crippen molar-refractivity contribution < 1.29 is 9.26 Å². The third-order valence-corrected chi connectivity index (χ3v) is 2.34. The molecule has 92 valence electrons. The van der Waals surface area contributed by atoms with Crippen molar-refractivity contribution in [1.29, 1.82) is 0 Å². The number of aryl methyl sites for hydroxylation is 1. The maximum atomic E-state index is 5.54. The highest BCUT2D eigenvalue weighted by atomic mass is 16.5. The van der Waals surface area contributed by atoms with E-state index in [9.17, 15) is 0 Å². The molecule has 1 heterocycles. The Hall–Kier alpha value is -0.940. The fraction of sp³-hybridized carbons (Fsp3) is 0.818. The summed E-state index contributed by atoms with van der Waals surface area (Å²) in [6, 6.07) is 0. The maximum Gasteiger partial charge on any atom is 0.226 e. The fourth-order valence-corrected chi connectivity index (χ4v) is 1.25. The Bertz CT molecular complexity index is 289. The molecule has 0 aliphatic carbocycles. The van der Waals surface area contributed by atoms with Crippen molar-refractivity contribution in [3.63, 3.8) is 0 Å². The average molecular weight is 227 g/mol. The number of nitrogens with two attached hydrogens (primary N) is 1. The lowest BCUT2D eigenvalue weighted by Crippen LogP contribution is -2.11. The maximum absolute atomic E-state index is 5.54. The number of hydrogen-bond acceptors (Lipinski definition) is 5. The van der Waals surface area contributed by atoms with E-state index in [1.54, 1.807) is 0 Å². The molecule has 1 atom stereocenters. The third-order valence-electron chi connectivity index (χ3n) is 2.34. The molecule has 0 amide bonds. The zero-order chi connectivity index (χ0) is 11.8. The largest absolute Gasteiger partial charge is 0.373 e. The van der Waals surface area contributed by atoms with Crippen LogP contribution >= 0.6 is 0 Å². The monoisotopic (exact) mass is 227 g/mol. The molecule has 0 aliphatic rings. The summed E-state index contributed by atoms with van der Waals surface area (Å²) in [6.07, 6.45) is 2.77. The van der Waals surface area contributed by atoms with Crippen molar-refractivity contribution in [2.75, 3.05) is 13.2 Å². The molecule has 0 spiro atoms. The van der Waals surface area contributed by atoms with E-state index in [1.165, 1.54) is 0 Å². The lowest BCUT2D eigenvalue weighted by molar-refractivity contribution is 0.114. The molecule has 1 aromatic rings. The Balaban J connectivity index is 2.28. The van der Waals surface area contributed by atoms with E-state index in [4.69, 9.17) is 15.0 Å². The fourth-order valence-electron chi connectivity index (χ4n) is 1.25. The molecule has 1 aromatic heterocycles. The van der Waals surface area contributed by atoms with Crippen LogP contribution in [0.1, 0.15) is 38.4 Å². The summed E-state index contributed by atoms with van der Waals surface area (Å²) < 4.78 is 10.4. The van der Waals surface area contributed by atoms with Gasteiger partial charge in [0.25, 0.3) is 0 Å². The highest BCUT2D eigenvalue weighted by Crippen LogP contribution is 2.07. The van der Waals surface area contributed by atoms with E-state index in [-0.39, 0.29) is 0 Å². The first-order valence-corrected chi connectivity index (χ1v) is 5.85. The van der Waals surface area contributed by atoms with Crippen LogP contribution in [0.5, 0.6) is 0 Å². The Morgan fingerprint density at radius 2 is 2.31 bits per heavy atom. The van der Waals surface area contributed by atoms with Gasteiger partial charge < -0.3 is 15.0 Å². The Morgan fingerprint density at radius 3 is 3.00 bits per heavy atom. The summed E-state index contributed by atoms with van der Waals surface area (Å²) in [7, 11) is 0. The van der Waals surface area contributed by atoms with Gasteiger partial charge in [0.05, 0.1) is 0 Å². The molecule has 2 N–H and O–H groups in total. The van der Waals surface area contributed by atoms with Crippen molar-refractivity contribution in [3.8, 4) is 0 Å². The van der Waals surface area contributed by atoms with E-state index in [0.29, 0.717) is 30.8 Å². The molecule has 0 bridgehead atoms. The third kappa shape index (κ3) is 4.72. The molecule has 0 aromatic carbocycles. The quantitative estimate of drug-likeness (QED) is 0.682. The molecule has 0 radical (unpaired) electrons. The summed E-state index contributed by atoms with van der Waals surface area (Å²) in [6.45, 7) is 6.04. The van der Waals surface area contributed by atoms with Crippen molar-refractivity contribution >= 4 is 0 Å². The first-order valence-electron chi connectivity index (χ1n) is 5.85. The minimum Gasteiger partial charge on any atom is -0.373 e. The molecule has 1 rings (SSSR count). The summed E-state index contributed by atoms with van der Waals surface area (Å²) in [5.74, 6) is 1.80. The highest BCUT2D eigenvalue weighted by Gasteiger charge is 2.08. The summed E-state index contributed by atoms with van der Waals surface area (Å²) >= 11 is 0. The second-order valence-corrected chi connectivity index (χ2v) is 4.04. The minimum absolute atomic E-state index is 0.434. The lowest BCUT2D eigenvalue weighted by Gasteiger charge is -2.03. The van der Waals surface area contributed by atoms with E-state index < -0.39 is 0 Å². The number of nitrogens with zero attached hydrogens (tertiary/aromatic N) is 2. The van der Waals surface area contributed by atoms with Gasteiger partial charge in [-0.1, -0.05) is 19.0 Å². The smallest absolute Gasteiger partial charge is 0.226 e. The zero-order valence-electron chi connectivity index (χ0n) is 10.1. The van der Waals surface area contributed by atoms with Gasteiger partial charge in [-0.3, -0.25) is 0 Å². The van der Waals surface area contributed by atoms with Crippen LogP contribution in [0.4, 0.5) is 0 Å². The molecule has 5 nitrogen and oxygen atoms in total. The van der Waals surface area contributed by atoms with Crippen molar-refractivity contribution in [1.82, 2.24) is 10.1 Å². The normalized spacial score (nSPS) is 12.9. The molecule has 0 fully saturated rings. The molecular formula is C11H21N3O2. The van der Waals surface area contributed by atoms with Gasteiger partial charge >= 0.3 is 0 Å². The second-order valence-electron chi connectivity index (χ2n) is 4.04. The van der Waals surface area contributed by atoms with E-state index >= 15 is 0 Å². The van der Waals surface area contributed by atoms with Gasteiger partial charge in [-0.15, -0.1) is 0 Å². The molecule has 0 saturated carbocycles. The highest BCUT2D eigenvalue weighted by molar-refractivity contribution is 4.85. The van der Waals surface area contributed by atoms with E-state index in [1.807, 2.05) is 0 Å². The van der Waals surface area contributed by atoms with Gasteiger partial charge in [-0.2, -0.15) is 4.98 Å². The van der Waals surface area contributed by atoms with Crippen LogP contribution in [0.3, 0.4) is 0 Å². The lowest BCUT2D eigenvalue weighted by atomic mass is 10.1. The minimum atomic E-state index is 0.434. The van der Waals surface area contributed by atoms with Gasteiger partial charge in [-0.25, -0.2) is 0 Å². The van der Waals surface area contributed by atoms with Gasteiger partial charge in [-0.05, 0) is 25.3 Å². The number of aromatic nitrogens is 2. The predicted octanol–water partition coefficient (Wildman–Crippen LogP) is 1.52. The molecule has 0 saturated heterocycles. The number of ether oxygens (including phenoxy) is 1. The number of rotatable bonds is 8. The average Bonchev–Trinajstić information content (AvgIpc) is 2.74. The first kappa shape index (κ1) is 13.1. The van der Waals surface area contributed by atoms with Crippen LogP contribution in [0, 0.1) is 5.92 Å². The molecule has 1 unspecified atom stereocenters. The molecule has 0 aliphatic heterocycles. The van der Waals surface area contributed by atoms with Crippen molar-refractivity contribution in [2.24, 2.45) is 11.7 Å². The topological polar surface area (TPSA) is 74.2 Å². The molecular weight excluding hydrogens is 206 g/mol. The summed E-state index contributed by atoms with van der Waals surface area (Å²) in [5, 5.41) is 3.85. The van der Waals surface area contributed by atoms with Gasteiger partial charge in [0.1, 0.15) is 6.61 Å². The van der Waals surface area contributed by atoms with Crippen molar-refractivity contribution in [2.45, 2.75) is 39.7 Å². The Kier molecular flexibility index (Phi) is 6.03. The zero-order valence-corrected chi connectivity index (χ0v) is 10.1. The van der Waals surface area contributed by atoms with Crippen LogP contribution in [-0.2, 0) is 17.8 Å². The standard InChI is InChI=1S/C11H21N3O2/c1-3-6-15-8-10-13-11(16-14-10)5-4-9(2)7-12/h9H,3-8,12H2,1-2H3. The first-order chi connectivity index (χ1) is 7.76. The van der Waals surface area contributed by atoms with Crippen LogP contribution in [-0.4, -0.2) is 23.3 Å². The van der Waals surface area contributed by atoms with Crippen LogP contribution in [0.25, 0.3) is 0 Å². The summed E-state index contributed by atoms with van der Waals surface area (Å²) in [4.78, 5) is 4.24. The second kappa shape index (κ2) is 7.35. The van der Waals surface area contributed by atoms with Gasteiger partial charge in [0, 0.05) is 13.0 Å². The summed E-state index contributed by atoms with van der Waals surface area (Å²) in [5.41, 5.74) is 5.54. The Labute approximate surface area is 96.4 Å². The van der Waals surface area contributed by atoms with Crippen LogP contribution in [0.2, 0.25) is 0 Å². The van der Waals surface area contributed by atoms with Gasteiger partial charge in [0.2, 0.25) is 5.89 Å². The van der Waals surface area contributed by atoms with Gasteiger partial charge in [0.15, 0.2) is 5.82 Å². The van der Waals surface area contributed by atoms with E-state index in [0.717, 1.165) is 25.9 Å². The molecule has 16 heavy (non-hydrogen) atoms. The Morgan fingerprint density at radius 1 is 1.50 bits per heavy atom. The molecule has 5 heteroatoms. The van der Waals surface area contributed by atoms with Crippen LogP contribution < -0.4 is 5.73 Å². The van der Waals surface area contributed by atoms with Crippen LogP contribution in [0.15, 0.2) is 4.52 Å². The number of hydrogen-bond donors (Lipinski definition) is 1. The SMILES string of the molecule is CCCOCc1noc(CCC(C)CN)n1. The van der Waals surface area contributed by atoms with Crippen molar-refractivity contribution in [3.05, 3.63) is 11.7 Å².